The highest BCUT2D eigenvalue weighted by atomic mass is 127. The Bertz CT molecular complexity index is 635. The third-order valence-corrected chi connectivity index (χ3v) is 3.60. The van der Waals surface area contributed by atoms with E-state index in [1.807, 2.05) is 24.3 Å². The first-order valence-electron chi connectivity index (χ1n) is 5.02. The highest BCUT2D eigenvalue weighted by Crippen LogP contribution is 2.31. The molecule has 0 unspecified atom stereocenters. The highest BCUT2D eigenvalue weighted by Gasteiger charge is 2.05. The van der Waals surface area contributed by atoms with Gasteiger partial charge in [-0.25, -0.2) is 0 Å². The summed E-state index contributed by atoms with van der Waals surface area (Å²) in [5, 5.41) is 13.0. The lowest BCUT2D eigenvalue weighted by molar-refractivity contribution is 1.47. The average Bonchev–Trinajstić information content (AvgIpc) is 2.34. The summed E-state index contributed by atoms with van der Waals surface area (Å²) in [4.78, 5) is 0. The summed E-state index contributed by atoms with van der Waals surface area (Å²) >= 11 is 14.4. The Hall–Kier alpha value is -0.960. The normalized spacial score (nSPS) is 9.89. The molecule has 0 aromatic heterocycles. The third kappa shape index (κ3) is 3.08. The van der Waals surface area contributed by atoms with Crippen LogP contribution in [0.2, 0.25) is 10.0 Å². The Morgan fingerprint density at radius 2 is 1.61 bits per heavy atom. The van der Waals surface area contributed by atoms with E-state index in [1.165, 1.54) is 0 Å². The maximum atomic E-state index is 8.77. The topological polar surface area (TPSA) is 35.8 Å². The van der Waals surface area contributed by atoms with Gasteiger partial charge in [-0.15, -0.1) is 0 Å². The molecular weight excluding hydrogens is 382 g/mol. The van der Waals surface area contributed by atoms with Gasteiger partial charge in [-0.2, -0.15) is 5.26 Å². The van der Waals surface area contributed by atoms with Crippen molar-refractivity contribution < 1.29 is 0 Å². The van der Waals surface area contributed by atoms with Gasteiger partial charge in [0.2, 0.25) is 0 Å². The molecule has 1 N–H and O–H groups in total. The van der Waals surface area contributed by atoms with E-state index >= 15 is 0 Å². The van der Waals surface area contributed by atoms with Gasteiger partial charge in [0.15, 0.2) is 0 Å². The van der Waals surface area contributed by atoms with Crippen molar-refractivity contribution in [2.24, 2.45) is 0 Å². The van der Waals surface area contributed by atoms with Gasteiger partial charge in [-0.05, 0) is 59.0 Å². The van der Waals surface area contributed by atoms with Gasteiger partial charge in [0.05, 0.1) is 33.1 Å². The molecule has 0 atom stereocenters. The van der Waals surface area contributed by atoms with Crippen molar-refractivity contribution in [3.05, 3.63) is 55.6 Å². The number of benzene rings is 2. The monoisotopic (exact) mass is 388 g/mol. The second-order valence-corrected chi connectivity index (χ2v) is 5.62. The summed E-state index contributed by atoms with van der Waals surface area (Å²) < 4.78 is 1.06. The molecule has 0 heterocycles. The minimum atomic E-state index is 0.490. The third-order valence-electron chi connectivity index (χ3n) is 2.30. The molecule has 0 aliphatic carbocycles. The Morgan fingerprint density at radius 1 is 1.00 bits per heavy atom. The average molecular weight is 389 g/mol. The van der Waals surface area contributed by atoms with Crippen LogP contribution in [-0.4, -0.2) is 0 Å². The molecule has 2 aromatic rings. The zero-order valence-corrected chi connectivity index (χ0v) is 12.7. The van der Waals surface area contributed by atoms with Crippen LogP contribution >= 0.6 is 45.8 Å². The van der Waals surface area contributed by atoms with E-state index in [2.05, 4.69) is 27.9 Å². The fraction of sp³-hybridized carbons (Fsp3) is 0. The lowest BCUT2D eigenvalue weighted by Gasteiger charge is -2.10. The lowest BCUT2D eigenvalue weighted by Crippen LogP contribution is -1.93. The van der Waals surface area contributed by atoms with Crippen molar-refractivity contribution in [2.75, 3.05) is 5.32 Å². The fourth-order valence-corrected chi connectivity index (χ4v) is 2.55. The van der Waals surface area contributed by atoms with Crippen molar-refractivity contribution in [1.82, 2.24) is 0 Å². The molecule has 2 nitrogen and oxygen atoms in total. The molecule has 2 aromatic carbocycles. The van der Waals surface area contributed by atoms with Gasteiger partial charge in [-0.3, -0.25) is 0 Å². The fourth-order valence-electron chi connectivity index (χ4n) is 1.42. The van der Waals surface area contributed by atoms with Crippen LogP contribution in [0.25, 0.3) is 0 Å². The smallest absolute Gasteiger partial charge is 0.0992 e. The first kappa shape index (κ1) is 13.5. The van der Waals surface area contributed by atoms with E-state index in [9.17, 15) is 0 Å². The molecule has 0 amide bonds. The SMILES string of the molecule is N#Cc1ccc(Nc2ccc(I)cc2Cl)c(Cl)c1. The zero-order valence-electron chi connectivity index (χ0n) is 9.05. The van der Waals surface area contributed by atoms with Gasteiger partial charge < -0.3 is 5.32 Å². The molecule has 0 saturated heterocycles. The second kappa shape index (κ2) is 5.79. The molecule has 2 rings (SSSR count). The summed E-state index contributed by atoms with van der Waals surface area (Å²) in [5.74, 6) is 0. The van der Waals surface area contributed by atoms with E-state index in [-0.39, 0.29) is 0 Å². The number of halogens is 3. The number of rotatable bonds is 2. The largest absolute Gasteiger partial charge is 0.353 e. The molecule has 0 radical (unpaired) electrons. The van der Waals surface area contributed by atoms with E-state index in [0.29, 0.717) is 15.6 Å². The molecule has 0 spiro atoms. The molecule has 0 fully saturated rings. The Labute approximate surface area is 129 Å². The first-order valence-corrected chi connectivity index (χ1v) is 6.85. The lowest BCUT2D eigenvalue weighted by atomic mass is 10.2. The van der Waals surface area contributed by atoms with Crippen molar-refractivity contribution in [2.45, 2.75) is 0 Å². The zero-order chi connectivity index (χ0) is 13.1. The van der Waals surface area contributed by atoms with Crippen LogP contribution < -0.4 is 5.32 Å². The van der Waals surface area contributed by atoms with Gasteiger partial charge in [0.1, 0.15) is 0 Å². The van der Waals surface area contributed by atoms with Crippen LogP contribution in [-0.2, 0) is 0 Å². The predicted octanol–water partition coefficient (Wildman–Crippen LogP) is 5.21. The van der Waals surface area contributed by atoms with Crippen molar-refractivity contribution in [1.29, 1.82) is 5.26 Å². The molecule has 90 valence electrons. The first-order chi connectivity index (χ1) is 8.60. The van der Waals surface area contributed by atoms with Gasteiger partial charge in [-0.1, -0.05) is 23.2 Å². The van der Waals surface area contributed by atoms with Crippen LogP contribution in [0.15, 0.2) is 36.4 Å². The molecule has 18 heavy (non-hydrogen) atoms. The Balaban J connectivity index is 2.32. The number of nitriles is 1. The van der Waals surface area contributed by atoms with E-state index in [4.69, 9.17) is 28.5 Å². The summed E-state index contributed by atoms with van der Waals surface area (Å²) in [6, 6.07) is 12.8. The van der Waals surface area contributed by atoms with Crippen LogP contribution in [0.5, 0.6) is 0 Å². The molecule has 0 aliphatic rings. The highest BCUT2D eigenvalue weighted by molar-refractivity contribution is 14.1. The molecule has 0 saturated carbocycles. The number of hydrogen-bond acceptors (Lipinski definition) is 2. The molecule has 5 heteroatoms. The van der Waals surface area contributed by atoms with Gasteiger partial charge >= 0.3 is 0 Å². The minimum absolute atomic E-state index is 0.490. The van der Waals surface area contributed by atoms with Crippen LogP contribution in [0.3, 0.4) is 0 Å². The molecule has 0 aliphatic heterocycles. The molecular formula is C13H7Cl2IN2. The summed E-state index contributed by atoms with van der Waals surface area (Å²) in [6.45, 7) is 0. The van der Waals surface area contributed by atoms with Crippen LogP contribution in [0.4, 0.5) is 11.4 Å². The Kier molecular flexibility index (Phi) is 4.33. The van der Waals surface area contributed by atoms with Crippen molar-refractivity contribution >= 4 is 57.2 Å². The second-order valence-electron chi connectivity index (χ2n) is 3.56. The minimum Gasteiger partial charge on any atom is -0.353 e. The standard InChI is InChI=1S/C13H7Cl2IN2/c14-10-5-8(7-17)1-3-12(10)18-13-4-2-9(16)6-11(13)15/h1-6,18H. The van der Waals surface area contributed by atoms with Gasteiger partial charge in [0, 0.05) is 3.57 Å². The summed E-state index contributed by atoms with van der Waals surface area (Å²) in [6.07, 6.45) is 0. The maximum absolute atomic E-state index is 8.77. The Morgan fingerprint density at radius 3 is 2.17 bits per heavy atom. The van der Waals surface area contributed by atoms with Crippen LogP contribution in [0, 0.1) is 14.9 Å². The predicted molar refractivity (Wildman–Crippen MR) is 83.6 cm³/mol. The van der Waals surface area contributed by atoms with Crippen molar-refractivity contribution in [3.8, 4) is 6.07 Å². The number of nitrogens with one attached hydrogen (secondary N) is 1. The summed E-state index contributed by atoms with van der Waals surface area (Å²) in [5.41, 5.74) is 2.03. The van der Waals surface area contributed by atoms with E-state index < -0.39 is 0 Å². The molecule has 0 bridgehead atoms. The van der Waals surface area contributed by atoms with Crippen LogP contribution in [0.1, 0.15) is 5.56 Å². The maximum Gasteiger partial charge on any atom is 0.0992 e. The number of nitrogens with zero attached hydrogens (tertiary/aromatic N) is 1. The summed E-state index contributed by atoms with van der Waals surface area (Å²) in [7, 11) is 0. The van der Waals surface area contributed by atoms with E-state index in [0.717, 1.165) is 14.9 Å². The van der Waals surface area contributed by atoms with Gasteiger partial charge in [0.25, 0.3) is 0 Å². The number of hydrogen-bond donors (Lipinski definition) is 1. The van der Waals surface area contributed by atoms with Crippen molar-refractivity contribution in [3.63, 3.8) is 0 Å². The quantitative estimate of drug-likeness (QED) is 0.716. The van der Waals surface area contributed by atoms with E-state index in [1.54, 1.807) is 18.2 Å². The number of anilines is 2.